The number of ether oxygens (including phenoxy) is 3. The molecule has 0 saturated carbocycles. The lowest BCUT2D eigenvalue weighted by Crippen LogP contribution is -2.52. The zero-order chi connectivity index (χ0) is 20.1. The number of fused-ring (bicyclic) bond motifs is 1. The quantitative estimate of drug-likeness (QED) is 0.509. The third-order valence-corrected chi connectivity index (χ3v) is 5.26. The van der Waals surface area contributed by atoms with Crippen LogP contribution >= 0.6 is 0 Å². The molecule has 154 valence electrons. The minimum Gasteiger partial charge on any atom is -0.464 e. The second-order valence-corrected chi connectivity index (χ2v) is 7.10. The third kappa shape index (κ3) is 4.29. The predicted octanol–water partition coefficient (Wildman–Crippen LogP) is 1.87. The molecule has 1 aromatic carbocycles. The normalized spacial score (nSPS) is 27.8. The Morgan fingerprint density at radius 3 is 2.82 bits per heavy atom. The Morgan fingerprint density at radius 1 is 1.39 bits per heavy atom. The van der Waals surface area contributed by atoms with Gasteiger partial charge < -0.3 is 19.3 Å². The van der Waals surface area contributed by atoms with E-state index in [0.29, 0.717) is 13.2 Å². The van der Waals surface area contributed by atoms with Gasteiger partial charge in [0.1, 0.15) is 6.10 Å². The number of benzene rings is 1. The van der Waals surface area contributed by atoms with Crippen LogP contribution in [-0.2, 0) is 23.8 Å². The maximum atomic E-state index is 12.5. The Kier molecular flexibility index (Phi) is 7.20. The van der Waals surface area contributed by atoms with Gasteiger partial charge in [0.15, 0.2) is 6.10 Å². The minimum absolute atomic E-state index is 0.0969. The van der Waals surface area contributed by atoms with Crippen LogP contribution in [0.25, 0.3) is 0 Å². The Labute approximate surface area is 165 Å². The van der Waals surface area contributed by atoms with E-state index in [-0.39, 0.29) is 31.2 Å². The molecule has 6 atom stereocenters. The fourth-order valence-corrected chi connectivity index (χ4v) is 3.88. The summed E-state index contributed by atoms with van der Waals surface area (Å²) in [6.45, 7) is 8.72. The van der Waals surface area contributed by atoms with Gasteiger partial charge in [-0.05, 0) is 19.4 Å². The number of aliphatic hydroxyl groups excluding tert-OH is 1. The molecule has 7 nitrogen and oxygen atoms in total. The van der Waals surface area contributed by atoms with E-state index in [9.17, 15) is 9.90 Å². The van der Waals surface area contributed by atoms with E-state index in [0.717, 1.165) is 5.56 Å². The van der Waals surface area contributed by atoms with E-state index < -0.39 is 24.3 Å². The molecule has 7 heteroatoms. The highest BCUT2D eigenvalue weighted by Gasteiger charge is 2.54. The van der Waals surface area contributed by atoms with Crippen molar-refractivity contribution in [3.8, 4) is 0 Å². The van der Waals surface area contributed by atoms with Crippen LogP contribution < -0.4 is 0 Å². The fourth-order valence-electron chi connectivity index (χ4n) is 3.88. The Morgan fingerprint density at radius 2 is 2.14 bits per heavy atom. The Bertz CT molecular complexity index is 654. The lowest BCUT2D eigenvalue weighted by Gasteiger charge is -2.35. The molecule has 0 bridgehead atoms. The number of hydrogen-bond acceptors (Lipinski definition) is 7. The monoisotopic (exact) mass is 391 g/mol. The van der Waals surface area contributed by atoms with Crippen LogP contribution in [0.3, 0.4) is 0 Å². The molecule has 0 aliphatic carbocycles. The highest BCUT2D eigenvalue weighted by molar-refractivity contribution is 5.75. The predicted molar refractivity (Wildman–Crippen MR) is 102 cm³/mol. The van der Waals surface area contributed by atoms with Gasteiger partial charge in [0, 0.05) is 5.92 Å². The molecular formula is C21H29NO6. The maximum absolute atomic E-state index is 12.5. The lowest BCUT2D eigenvalue weighted by molar-refractivity contribution is -0.210. The summed E-state index contributed by atoms with van der Waals surface area (Å²) in [7, 11) is 0. The number of hydrogen-bond donors (Lipinski definition) is 1. The van der Waals surface area contributed by atoms with E-state index in [1.54, 1.807) is 18.1 Å². The van der Waals surface area contributed by atoms with Gasteiger partial charge in [0.05, 0.1) is 44.6 Å². The van der Waals surface area contributed by atoms with E-state index in [2.05, 4.69) is 6.58 Å². The lowest BCUT2D eigenvalue weighted by atomic mass is 9.94. The van der Waals surface area contributed by atoms with Crippen LogP contribution in [0.5, 0.6) is 0 Å². The highest BCUT2D eigenvalue weighted by Crippen LogP contribution is 2.38. The van der Waals surface area contributed by atoms with Gasteiger partial charge in [0.25, 0.3) is 0 Å². The first-order valence-electron chi connectivity index (χ1n) is 9.73. The summed E-state index contributed by atoms with van der Waals surface area (Å²) in [6.07, 6.45) is -0.574. The van der Waals surface area contributed by atoms with Gasteiger partial charge in [-0.2, -0.15) is 5.06 Å². The van der Waals surface area contributed by atoms with Crippen molar-refractivity contribution in [3.05, 3.63) is 48.6 Å². The summed E-state index contributed by atoms with van der Waals surface area (Å²) in [5, 5.41) is 12.6. The smallest absolute Gasteiger partial charge is 0.338 e. The number of esters is 1. The average Bonchev–Trinajstić information content (AvgIpc) is 3.31. The van der Waals surface area contributed by atoms with Crippen molar-refractivity contribution in [2.45, 2.75) is 44.2 Å². The summed E-state index contributed by atoms with van der Waals surface area (Å²) in [6, 6.07) is 8.90. The molecule has 1 N–H and O–H groups in total. The second-order valence-electron chi connectivity index (χ2n) is 7.10. The van der Waals surface area contributed by atoms with Gasteiger partial charge >= 0.3 is 5.97 Å². The molecule has 3 rings (SSSR count). The van der Waals surface area contributed by atoms with E-state index in [1.807, 2.05) is 37.3 Å². The number of hydroxylamine groups is 2. The first kappa shape index (κ1) is 21.0. The number of nitrogens with zero attached hydrogens (tertiary/aromatic N) is 1. The molecular weight excluding hydrogens is 362 g/mol. The number of carbonyl (C=O) groups excluding carboxylic acids is 1. The van der Waals surface area contributed by atoms with Gasteiger partial charge in [-0.1, -0.05) is 36.4 Å². The molecule has 2 aliphatic heterocycles. The van der Waals surface area contributed by atoms with Crippen molar-refractivity contribution >= 4 is 5.97 Å². The molecule has 1 aromatic rings. The summed E-state index contributed by atoms with van der Waals surface area (Å²) >= 11 is 0. The molecule has 2 aliphatic rings. The van der Waals surface area contributed by atoms with Crippen LogP contribution in [0.1, 0.15) is 25.5 Å². The summed E-state index contributed by atoms with van der Waals surface area (Å²) < 4.78 is 16.8. The van der Waals surface area contributed by atoms with Gasteiger partial charge in [-0.25, -0.2) is 4.79 Å². The first-order valence-corrected chi connectivity index (χ1v) is 9.73. The topological polar surface area (TPSA) is 77.5 Å². The van der Waals surface area contributed by atoms with Crippen LogP contribution in [0.4, 0.5) is 0 Å². The third-order valence-electron chi connectivity index (χ3n) is 5.26. The van der Waals surface area contributed by atoms with E-state index in [4.69, 9.17) is 19.0 Å². The largest absolute Gasteiger partial charge is 0.464 e. The molecule has 0 spiro atoms. The number of rotatable bonds is 9. The van der Waals surface area contributed by atoms with Gasteiger partial charge in [-0.15, -0.1) is 6.58 Å². The van der Waals surface area contributed by atoms with Crippen molar-refractivity contribution in [1.29, 1.82) is 0 Å². The molecule has 2 heterocycles. The molecule has 2 fully saturated rings. The van der Waals surface area contributed by atoms with Crippen molar-refractivity contribution in [3.63, 3.8) is 0 Å². The molecule has 0 amide bonds. The minimum atomic E-state index is -0.877. The molecule has 28 heavy (non-hydrogen) atoms. The highest BCUT2D eigenvalue weighted by atomic mass is 16.7. The first-order chi connectivity index (χ1) is 13.6. The molecule has 0 aromatic heterocycles. The van der Waals surface area contributed by atoms with Crippen LogP contribution in [0, 0.1) is 5.92 Å². The van der Waals surface area contributed by atoms with Crippen LogP contribution in [0.2, 0.25) is 0 Å². The maximum Gasteiger partial charge on any atom is 0.338 e. The van der Waals surface area contributed by atoms with Crippen molar-refractivity contribution in [2.24, 2.45) is 5.92 Å². The van der Waals surface area contributed by atoms with E-state index in [1.165, 1.54) is 0 Å². The number of aliphatic hydroxyl groups is 1. The molecule has 2 saturated heterocycles. The van der Waals surface area contributed by atoms with Crippen molar-refractivity contribution < 1.29 is 28.9 Å². The average molecular weight is 391 g/mol. The Hall–Kier alpha value is -1.77. The Balaban J connectivity index is 1.79. The fraction of sp³-hybridized carbons (Fsp3) is 0.571. The summed E-state index contributed by atoms with van der Waals surface area (Å²) in [4.78, 5) is 18.4. The second kappa shape index (κ2) is 9.62. The molecule has 0 radical (unpaired) electrons. The van der Waals surface area contributed by atoms with Crippen LogP contribution in [-0.4, -0.2) is 66.9 Å². The van der Waals surface area contributed by atoms with Gasteiger partial charge in [0.2, 0.25) is 0 Å². The number of carbonyl (C=O) groups is 1. The van der Waals surface area contributed by atoms with Gasteiger partial charge in [-0.3, -0.25) is 4.84 Å². The van der Waals surface area contributed by atoms with Crippen molar-refractivity contribution in [2.75, 3.05) is 26.4 Å². The standard InChI is InChI=1S/C21H29NO6/c1-4-11-26-20(21(24)25-5-2)19-17-16(12-27-19)13-28-22(17)14(3)18(23)15-9-7-6-8-10-15/h4,6-10,14,16-20,23H,1,5,11-13H2,2-3H3/t14-,16-,17+,18+,19+,20-/m1/s1. The van der Waals surface area contributed by atoms with Crippen LogP contribution in [0.15, 0.2) is 43.0 Å². The zero-order valence-electron chi connectivity index (χ0n) is 16.4. The SMILES string of the molecule is C=CCO[C@@H](C(=O)OCC)[C@H]1OC[C@@H]2CON([C@H](C)[C@H](O)c3ccccc3)[C@@H]21. The summed E-state index contributed by atoms with van der Waals surface area (Å²) in [5.74, 6) is -0.363. The van der Waals surface area contributed by atoms with E-state index >= 15 is 0 Å². The zero-order valence-corrected chi connectivity index (χ0v) is 16.4. The summed E-state index contributed by atoms with van der Waals surface area (Å²) in [5.41, 5.74) is 0.808. The molecule has 0 unspecified atom stereocenters. The van der Waals surface area contributed by atoms with Crippen molar-refractivity contribution in [1.82, 2.24) is 5.06 Å².